The van der Waals surface area contributed by atoms with Gasteiger partial charge >= 0.3 is 0 Å². The molecule has 7 heteroatoms. The van der Waals surface area contributed by atoms with Gasteiger partial charge in [-0.25, -0.2) is 8.42 Å². The van der Waals surface area contributed by atoms with E-state index < -0.39 is 15.9 Å². The molecule has 1 amide bonds. The molecular formula is C17H27ClN2O3S. The molecule has 2 rings (SSSR count). The minimum Gasteiger partial charge on any atom is -0.340 e. The molecule has 1 aromatic carbocycles. The first-order valence-electron chi connectivity index (χ1n) is 7.87. The second-order valence-electron chi connectivity index (χ2n) is 7.20. The van der Waals surface area contributed by atoms with Crippen molar-refractivity contribution in [2.75, 3.05) is 25.1 Å². The highest BCUT2D eigenvalue weighted by atomic mass is 35.5. The number of sulfone groups is 1. The maximum absolute atomic E-state index is 12.5. The van der Waals surface area contributed by atoms with E-state index in [1.54, 1.807) is 4.90 Å². The molecule has 5 nitrogen and oxygen atoms in total. The molecule has 0 radical (unpaired) electrons. The third-order valence-corrected chi connectivity index (χ3v) is 5.55. The normalized spacial score (nSPS) is 21.2. The Morgan fingerprint density at radius 1 is 1.33 bits per heavy atom. The predicted octanol–water partition coefficient (Wildman–Crippen LogP) is 1.82. The molecule has 0 saturated carbocycles. The van der Waals surface area contributed by atoms with Crippen molar-refractivity contribution in [2.24, 2.45) is 11.1 Å². The van der Waals surface area contributed by atoms with Gasteiger partial charge in [-0.15, -0.1) is 12.4 Å². The molecule has 24 heavy (non-hydrogen) atoms. The summed E-state index contributed by atoms with van der Waals surface area (Å²) >= 11 is 0. The SMILES string of the molecule is CC1(C)CN(C(=O)C(N)CCS(C)(=O)=O)CC1c1ccccc1.Cl. The summed E-state index contributed by atoms with van der Waals surface area (Å²) < 4.78 is 22.5. The number of hydrogen-bond donors (Lipinski definition) is 1. The number of carbonyl (C=O) groups is 1. The highest BCUT2D eigenvalue weighted by Crippen LogP contribution is 2.42. The molecule has 1 aromatic rings. The van der Waals surface area contributed by atoms with Crippen LogP contribution in [-0.2, 0) is 14.6 Å². The van der Waals surface area contributed by atoms with Gasteiger partial charge in [0.25, 0.3) is 0 Å². The maximum atomic E-state index is 12.5. The number of halogens is 1. The number of benzene rings is 1. The molecule has 1 aliphatic rings. The van der Waals surface area contributed by atoms with Crippen molar-refractivity contribution >= 4 is 28.2 Å². The van der Waals surface area contributed by atoms with Crippen LogP contribution in [0, 0.1) is 5.41 Å². The summed E-state index contributed by atoms with van der Waals surface area (Å²) in [6, 6.07) is 9.42. The van der Waals surface area contributed by atoms with Crippen molar-refractivity contribution < 1.29 is 13.2 Å². The average molecular weight is 375 g/mol. The lowest BCUT2D eigenvalue weighted by Gasteiger charge is -2.25. The lowest BCUT2D eigenvalue weighted by Crippen LogP contribution is -2.44. The van der Waals surface area contributed by atoms with Gasteiger partial charge in [0.1, 0.15) is 9.84 Å². The van der Waals surface area contributed by atoms with Crippen molar-refractivity contribution in [3.05, 3.63) is 35.9 Å². The fourth-order valence-electron chi connectivity index (χ4n) is 3.24. The largest absolute Gasteiger partial charge is 0.340 e. The van der Waals surface area contributed by atoms with Gasteiger partial charge in [0, 0.05) is 25.3 Å². The Morgan fingerprint density at radius 2 is 1.92 bits per heavy atom. The van der Waals surface area contributed by atoms with E-state index in [-0.39, 0.29) is 41.8 Å². The van der Waals surface area contributed by atoms with Crippen molar-refractivity contribution in [1.82, 2.24) is 4.90 Å². The van der Waals surface area contributed by atoms with Gasteiger partial charge in [-0.1, -0.05) is 44.2 Å². The Balaban J connectivity index is 0.00000288. The van der Waals surface area contributed by atoms with Gasteiger partial charge in [-0.2, -0.15) is 0 Å². The second-order valence-corrected chi connectivity index (χ2v) is 9.46. The second kappa shape index (κ2) is 7.85. The van der Waals surface area contributed by atoms with E-state index in [2.05, 4.69) is 26.0 Å². The van der Waals surface area contributed by atoms with Crippen LogP contribution >= 0.6 is 12.4 Å². The van der Waals surface area contributed by atoms with Crippen LogP contribution in [0.4, 0.5) is 0 Å². The third kappa shape index (κ3) is 5.19. The zero-order valence-electron chi connectivity index (χ0n) is 14.4. The van der Waals surface area contributed by atoms with Crippen LogP contribution in [0.15, 0.2) is 30.3 Å². The van der Waals surface area contributed by atoms with Gasteiger partial charge < -0.3 is 10.6 Å². The number of likely N-dealkylation sites (tertiary alicyclic amines) is 1. The Morgan fingerprint density at radius 3 is 2.46 bits per heavy atom. The van der Waals surface area contributed by atoms with Crippen LogP contribution in [0.25, 0.3) is 0 Å². The first-order chi connectivity index (χ1) is 10.6. The van der Waals surface area contributed by atoms with Gasteiger partial charge in [0.05, 0.1) is 11.8 Å². The van der Waals surface area contributed by atoms with Gasteiger partial charge in [-0.05, 0) is 17.4 Å². The van der Waals surface area contributed by atoms with Crippen LogP contribution < -0.4 is 5.73 Å². The summed E-state index contributed by atoms with van der Waals surface area (Å²) in [5, 5.41) is 0. The zero-order chi connectivity index (χ0) is 17.3. The summed E-state index contributed by atoms with van der Waals surface area (Å²) in [5.74, 6) is 0.0501. The topological polar surface area (TPSA) is 80.5 Å². The van der Waals surface area contributed by atoms with Crippen LogP contribution in [0.3, 0.4) is 0 Å². The Bertz CT molecular complexity index is 662. The summed E-state index contributed by atoms with van der Waals surface area (Å²) in [6.45, 7) is 5.57. The average Bonchev–Trinajstić information content (AvgIpc) is 2.79. The summed E-state index contributed by atoms with van der Waals surface area (Å²) in [7, 11) is -3.10. The molecule has 0 aliphatic carbocycles. The molecule has 136 valence electrons. The molecule has 0 aromatic heterocycles. The minimum absolute atomic E-state index is 0. The van der Waals surface area contributed by atoms with Crippen molar-refractivity contribution in [3.63, 3.8) is 0 Å². The van der Waals surface area contributed by atoms with Crippen LogP contribution in [0.2, 0.25) is 0 Å². The van der Waals surface area contributed by atoms with E-state index in [0.29, 0.717) is 13.1 Å². The highest BCUT2D eigenvalue weighted by molar-refractivity contribution is 7.90. The van der Waals surface area contributed by atoms with E-state index in [1.807, 2.05) is 18.2 Å². The van der Waals surface area contributed by atoms with Crippen LogP contribution in [0.5, 0.6) is 0 Å². The number of carbonyl (C=O) groups excluding carboxylic acids is 1. The molecule has 1 heterocycles. The highest BCUT2D eigenvalue weighted by Gasteiger charge is 2.42. The van der Waals surface area contributed by atoms with Crippen LogP contribution in [-0.4, -0.2) is 50.4 Å². The maximum Gasteiger partial charge on any atom is 0.239 e. The predicted molar refractivity (Wildman–Crippen MR) is 99.1 cm³/mol. The number of rotatable bonds is 5. The van der Waals surface area contributed by atoms with Crippen molar-refractivity contribution in [3.8, 4) is 0 Å². The minimum atomic E-state index is -3.10. The standard InChI is InChI=1S/C17H26N2O3S.ClH/c1-17(2)12-19(11-14(17)13-7-5-4-6-8-13)16(20)15(18)9-10-23(3,21)22;/h4-8,14-15H,9-12,18H2,1-3H3;1H. The quantitative estimate of drug-likeness (QED) is 0.852. The fourth-order valence-corrected chi connectivity index (χ4v) is 3.93. The van der Waals surface area contributed by atoms with Gasteiger partial charge in [0.2, 0.25) is 5.91 Å². The first-order valence-corrected chi connectivity index (χ1v) is 9.93. The van der Waals surface area contributed by atoms with Crippen molar-refractivity contribution in [2.45, 2.75) is 32.2 Å². The lowest BCUT2D eigenvalue weighted by atomic mass is 9.78. The zero-order valence-corrected chi connectivity index (χ0v) is 16.1. The molecule has 0 spiro atoms. The van der Waals surface area contributed by atoms with E-state index in [9.17, 15) is 13.2 Å². The smallest absolute Gasteiger partial charge is 0.239 e. The summed E-state index contributed by atoms with van der Waals surface area (Å²) in [4.78, 5) is 14.3. The van der Waals surface area contributed by atoms with Crippen LogP contribution in [0.1, 0.15) is 31.7 Å². The van der Waals surface area contributed by atoms with E-state index in [1.165, 1.54) is 5.56 Å². The molecule has 1 aliphatic heterocycles. The molecule has 1 fully saturated rings. The molecule has 0 bridgehead atoms. The molecule has 1 saturated heterocycles. The number of hydrogen-bond acceptors (Lipinski definition) is 4. The first kappa shape index (κ1) is 20.9. The fraction of sp³-hybridized carbons (Fsp3) is 0.588. The van der Waals surface area contributed by atoms with Gasteiger partial charge in [-0.3, -0.25) is 4.79 Å². The lowest BCUT2D eigenvalue weighted by molar-refractivity contribution is -0.131. The van der Waals surface area contributed by atoms with E-state index in [0.717, 1.165) is 6.26 Å². The van der Waals surface area contributed by atoms with E-state index >= 15 is 0 Å². The Labute approximate surface area is 150 Å². The number of nitrogens with two attached hydrogens (primary N) is 1. The number of nitrogens with zero attached hydrogens (tertiary/aromatic N) is 1. The molecular weight excluding hydrogens is 348 g/mol. The number of amides is 1. The molecule has 2 N–H and O–H groups in total. The third-order valence-electron chi connectivity index (χ3n) is 4.58. The summed E-state index contributed by atoms with van der Waals surface area (Å²) in [6.07, 6.45) is 1.33. The Hall–Kier alpha value is -1.11. The molecule has 2 atom stereocenters. The van der Waals surface area contributed by atoms with E-state index in [4.69, 9.17) is 5.73 Å². The summed E-state index contributed by atoms with van der Waals surface area (Å²) in [5.41, 5.74) is 7.11. The monoisotopic (exact) mass is 374 g/mol. The van der Waals surface area contributed by atoms with Crippen molar-refractivity contribution in [1.29, 1.82) is 0 Å². The Kier molecular flexibility index (Phi) is 6.84. The molecule has 2 unspecified atom stereocenters. The van der Waals surface area contributed by atoms with Gasteiger partial charge in [0.15, 0.2) is 0 Å².